The monoisotopic (exact) mass is 264 g/mol. The zero-order valence-corrected chi connectivity index (χ0v) is 10.8. The first-order chi connectivity index (χ1) is 8.97. The van der Waals surface area contributed by atoms with Gasteiger partial charge in [-0.15, -0.1) is 0 Å². The van der Waals surface area contributed by atoms with E-state index in [4.69, 9.17) is 4.74 Å². The summed E-state index contributed by atoms with van der Waals surface area (Å²) in [6.45, 7) is 5.73. The highest BCUT2D eigenvalue weighted by Crippen LogP contribution is 2.21. The molecule has 0 radical (unpaired) electrons. The highest BCUT2D eigenvalue weighted by Gasteiger charge is 2.12. The number of likely N-dealkylation sites (N-methyl/N-ethyl adjacent to an activating group) is 1. The summed E-state index contributed by atoms with van der Waals surface area (Å²) in [6, 6.07) is 0.786. The maximum absolute atomic E-state index is 13.4. The van der Waals surface area contributed by atoms with Gasteiger partial charge >= 0.3 is 0 Å². The molecular formula is C14H14F2N2O. The van der Waals surface area contributed by atoms with E-state index in [9.17, 15) is 8.78 Å². The highest BCUT2D eigenvalue weighted by atomic mass is 19.1. The van der Waals surface area contributed by atoms with Crippen LogP contribution < -0.4 is 0 Å². The molecule has 0 unspecified atom stereocenters. The Kier molecular flexibility index (Phi) is 3.64. The van der Waals surface area contributed by atoms with Crippen LogP contribution in [-0.2, 0) is 11.3 Å². The minimum Gasteiger partial charge on any atom is -0.487 e. The number of rotatable bonds is 3. The van der Waals surface area contributed by atoms with E-state index in [2.05, 4.69) is 11.6 Å². The fourth-order valence-electron chi connectivity index (χ4n) is 1.62. The first-order valence-electron chi connectivity index (χ1n) is 5.72. The van der Waals surface area contributed by atoms with E-state index in [0.29, 0.717) is 5.76 Å². The number of aromatic nitrogens is 1. The van der Waals surface area contributed by atoms with Crippen LogP contribution in [0.2, 0.25) is 0 Å². The molecule has 0 saturated carbocycles. The molecule has 2 heterocycles. The average molecular weight is 264 g/mol. The lowest BCUT2D eigenvalue weighted by Gasteiger charge is -2.25. The number of hydrogen-bond donors (Lipinski definition) is 0. The van der Waals surface area contributed by atoms with Gasteiger partial charge in [-0.25, -0.2) is 8.78 Å². The number of pyridine rings is 1. The van der Waals surface area contributed by atoms with Crippen LogP contribution in [0.25, 0.3) is 0 Å². The summed E-state index contributed by atoms with van der Waals surface area (Å²) >= 11 is 0. The Morgan fingerprint density at radius 1 is 1.37 bits per heavy atom. The Hall–Kier alpha value is -2.17. The average Bonchev–Trinajstić information content (AvgIpc) is 2.34. The minimum absolute atomic E-state index is 0.0568. The first kappa shape index (κ1) is 13.3. The van der Waals surface area contributed by atoms with E-state index < -0.39 is 11.6 Å². The van der Waals surface area contributed by atoms with Crippen LogP contribution in [-0.4, -0.2) is 16.9 Å². The van der Waals surface area contributed by atoms with Gasteiger partial charge in [0.15, 0.2) is 5.82 Å². The first-order valence-corrected chi connectivity index (χ1v) is 5.72. The topological polar surface area (TPSA) is 25.4 Å². The quantitative estimate of drug-likeness (QED) is 0.838. The third kappa shape index (κ3) is 2.99. The van der Waals surface area contributed by atoms with Gasteiger partial charge in [0.25, 0.3) is 0 Å². The predicted octanol–water partition coefficient (Wildman–Crippen LogP) is 3.12. The smallest absolute Gasteiger partial charge is 0.151 e. The van der Waals surface area contributed by atoms with Gasteiger partial charge in [0.05, 0.1) is 6.20 Å². The van der Waals surface area contributed by atoms with Crippen molar-refractivity contribution >= 4 is 0 Å². The van der Waals surface area contributed by atoms with Crippen LogP contribution >= 0.6 is 0 Å². The molecular weight excluding hydrogens is 250 g/mol. The van der Waals surface area contributed by atoms with Gasteiger partial charge < -0.3 is 9.64 Å². The molecule has 5 heteroatoms. The molecule has 0 saturated heterocycles. The number of allylic oxidation sites excluding steroid dienone is 3. The van der Waals surface area contributed by atoms with Crippen molar-refractivity contribution in [2.75, 3.05) is 7.05 Å². The summed E-state index contributed by atoms with van der Waals surface area (Å²) in [5, 5.41) is 0. The highest BCUT2D eigenvalue weighted by molar-refractivity contribution is 5.33. The van der Waals surface area contributed by atoms with E-state index in [1.165, 1.54) is 0 Å². The Bertz CT molecular complexity index is 579. The molecule has 1 aromatic heterocycles. The predicted molar refractivity (Wildman–Crippen MR) is 67.7 cm³/mol. The SMILES string of the molecule is C=C1C=C(OCc2ncc(F)cc2F)C=C(C)N1C. The van der Waals surface area contributed by atoms with Crippen LogP contribution in [0.3, 0.4) is 0 Å². The van der Waals surface area contributed by atoms with Crippen molar-refractivity contribution in [2.24, 2.45) is 0 Å². The summed E-state index contributed by atoms with van der Waals surface area (Å²) in [5.74, 6) is -0.844. The van der Waals surface area contributed by atoms with E-state index in [1.54, 1.807) is 6.08 Å². The van der Waals surface area contributed by atoms with Gasteiger partial charge in [-0.05, 0) is 13.0 Å². The second-order valence-corrected chi connectivity index (χ2v) is 4.25. The maximum Gasteiger partial charge on any atom is 0.151 e. The standard InChI is InChI=1S/C14H14F2N2O/c1-9-4-12(5-10(2)18(9)3)19-8-14-13(16)6-11(15)7-17-14/h4-7H,1,8H2,2-3H3. The van der Waals surface area contributed by atoms with Gasteiger partial charge in [0, 0.05) is 30.6 Å². The summed E-state index contributed by atoms with van der Waals surface area (Å²) in [5.41, 5.74) is 1.82. The van der Waals surface area contributed by atoms with Crippen molar-refractivity contribution in [3.05, 3.63) is 65.5 Å². The van der Waals surface area contributed by atoms with Gasteiger partial charge in [-0.2, -0.15) is 0 Å². The Balaban J connectivity index is 2.07. The molecule has 1 aliphatic rings. The van der Waals surface area contributed by atoms with E-state index in [0.717, 1.165) is 23.7 Å². The van der Waals surface area contributed by atoms with Gasteiger partial charge in [0.1, 0.15) is 23.9 Å². The molecule has 0 spiro atoms. The summed E-state index contributed by atoms with van der Waals surface area (Å²) in [7, 11) is 1.89. The fraction of sp³-hybridized carbons (Fsp3) is 0.214. The van der Waals surface area contributed by atoms with Crippen molar-refractivity contribution in [1.82, 2.24) is 9.88 Å². The van der Waals surface area contributed by atoms with Crippen molar-refractivity contribution < 1.29 is 13.5 Å². The molecule has 100 valence electrons. The molecule has 0 aliphatic carbocycles. The lowest BCUT2D eigenvalue weighted by atomic mass is 10.2. The molecule has 1 aromatic rings. The second kappa shape index (κ2) is 5.22. The fourth-order valence-corrected chi connectivity index (χ4v) is 1.62. The van der Waals surface area contributed by atoms with E-state index >= 15 is 0 Å². The molecule has 3 nitrogen and oxygen atoms in total. The molecule has 0 amide bonds. The Labute approximate surface area is 110 Å². The minimum atomic E-state index is -0.715. The number of ether oxygens (including phenoxy) is 1. The number of nitrogens with zero attached hydrogens (tertiary/aromatic N) is 2. The number of hydrogen-bond acceptors (Lipinski definition) is 3. The van der Waals surface area contributed by atoms with Crippen molar-refractivity contribution in [2.45, 2.75) is 13.5 Å². The third-order valence-corrected chi connectivity index (χ3v) is 2.88. The molecule has 0 N–H and O–H groups in total. The molecule has 1 aliphatic heterocycles. The van der Waals surface area contributed by atoms with Crippen molar-refractivity contribution in [3.63, 3.8) is 0 Å². The van der Waals surface area contributed by atoms with Crippen LogP contribution in [0.4, 0.5) is 8.78 Å². The molecule has 0 bridgehead atoms. The van der Waals surface area contributed by atoms with Crippen LogP contribution in [0.1, 0.15) is 12.6 Å². The lowest BCUT2D eigenvalue weighted by molar-refractivity contribution is 0.199. The van der Waals surface area contributed by atoms with Gasteiger partial charge in [-0.1, -0.05) is 6.58 Å². The molecule has 0 fully saturated rings. The lowest BCUT2D eigenvalue weighted by Crippen LogP contribution is -2.17. The van der Waals surface area contributed by atoms with Crippen LogP contribution in [0.15, 0.2) is 48.1 Å². The van der Waals surface area contributed by atoms with Crippen LogP contribution in [0, 0.1) is 11.6 Å². The molecule has 19 heavy (non-hydrogen) atoms. The summed E-state index contributed by atoms with van der Waals surface area (Å²) in [6.07, 6.45) is 4.52. The van der Waals surface area contributed by atoms with Gasteiger partial charge in [-0.3, -0.25) is 4.98 Å². The molecule has 0 aromatic carbocycles. The van der Waals surface area contributed by atoms with Crippen molar-refractivity contribution in [1.29, 1.82) is 0 Å². The summed E-state index contributed by atoms with van der Waals surface area (Å²) < 4.78 is 31.5. The zero-order valence-electron chi connectivity index (χ0n) is 10.8. The molecule has 2 rings (SSSR count). The normalized spacial score (nSPS) is 15.2. The maximum atomic E-state index is 13.4. The zero-order chi connectivity index (χ0) is 14.0. The Morgan fingerprint density at radius 2 is 2.11 bits per heavy atom. The van der Waals surface area contributed by atoms with E-state index in [-0.39, 0.29) is 12.3 Å². The summed E-state index contributed by atoms with van der Waals surface area (Å²) in [4.78, 5) is 5.57. The van der Waals surface area contributed by atoms with Crippen molar-refractivity contribution in [3.8, 4) is 0 Å². The largest absolute Gasteiger partial charge is 0.487 e. The second-order valence-electron chi connectivity index (χ2n) is 4.25. The van der Waals surface area contributed by atoms with E-state index in [1.807, 2.05) is 24.9 Å². The number of halogens is 2. The van der Waals surface area contributed by atoms with Crippen LogP contribution in [0.5, 0.6) is 0 Å². The Morgan fingerprint density at radius 3 is 2.74 bits per heavy atom. The van der Waals surface area contributed by atoms with Gasteiger partial charge in [0.2, 0.25) is 0 Å². The third-order valence-electron chi connectivity index (χ3n) is 2.88. The molecule has 0 atom stereocenters.